The second-order valence-electron chi connectivity index (χ2n) is 5.26. The summed E-state index contributed by atoms with van der Waals surface area (Å²) in [6.45, 7) is 4.39. The normalized spacial score (nSPS) is 13.7. The molecule has 2 N–H and O–H groups in total. The highest BCUT2D eigenvalue weighted by Gasteiger charge is 2.13. The van der Waals surface area contributed by atoms with Crippen LogP contribution in [0.4, 0.5) is 4.79 Å². The lowest BCUT2D eigenvalue weighted by atomic mass is 10.00. The van der Waals surface area contributed by atoms with E-state index in [1.165, 1.54) is 5.39 Å². The molecule has 2 aromatic rings. The highest BCUT2D eigenvalue weighted by molar-refractivity contribution is 5.86. The largest absolute Gasteiger partial charge is 0.383 e. The van der Waals surface area contributed by atoms with Crippen LogP contribution in [0.5, 0.6) is 0 Å². The van der Waals surface area contributed by atoms with Crippen LogP contribution in [0.3, 0.4) is 0 Å². The first-order valence-corrected chi connectivity index (χ1v) is 7.15. The second-order valence-corrected chi connectivity index (χ2v) is 5.26. The van der Waals surface area contributed by atoms with Gasteiger partial charge in [-0.3, -0.25) is 0 Å². The lowest BCUT2D eigenvalue weighted by molar-refractivity contribution is 0.170. The van der Waals surface area contributed by atoms with Crippen LogP contribution in [0.1, 0.15) is 25.5 Å². The first-order chi connectivity index (χ1) is 10.1. The number of hydrogen-bond donors (Lipinski definition) is 2. The summed E-state index contributed by atoms with van der Waals surface area (Å²) in [5, 5.41) is 8.17. The minimum atomic E-state index is -0.181. The van der Waals surface area contributed by atoms with E-state index in [0.29, 0.717) is 6.61 Å². The van der Waals surface area contributed by atoms with Gasteiger partial charge in [-0.25, -0.2) is 4.79 Å². The molecule has 0 fully saturated rings. The van der Waals surface area contributed by atoms with Gasteiger partial charge in [0, 0.05) is 7.11 Å². The number of methoxy groups -OCH3 is 1. The lowest BCUT2D eigenvalue weighted by Crippen LogP contribution is -2.43. The third kappa shape index (κ3) is 3.95. The maximum absolute atomic E-state index is 12.0. The van der Waals surface area contributed by atoms with Crippen LogP contribution in [0.15, 0.2) is 42.5 Å². The zero-order valence-corrected chi connectivity index (χ0v) is 12.7. The molecule has 0 saturated carbocycles. The molecule has 4 heteroatoms. The Bertz CT molecular complexity index is 607. The van der Waals surface area contributed by atoms with Crippen molar-refractivity contribution < 1.29 is 9.53 Å². The van der Waals surface area contributed by atoms with Crippen molar-refractivity contribution in [3.8, 4) is 0 Å². The van der Waals surface area contributed by atoms with Gasteiger partial charge in [0.05, 0.1) is 18.7 Å². The Morgan fingerprint density at radius 3 is 2.57 bits per heavy atom. The standard InChI is InChI=1S/C17H22N2O2/c1-12(11-21-3)18-17(20)19-13(2)15-10-6-8-14-7-4-5-9-16(14)15/h4-10,12-13H,11H2,1-3H3,(H2,18,19,20). The Morgan fingerprint density at radius 1 is 1.10 bits per heavy atom. The first kappa shape index (κ1) is 15.3. The van der Waals surface area contributed by atoms with Gasteiger partial charge in [-0.2, -0.15) is 0 Å². The molecule has 2 rings (SSSR count). The number of carbonyl (C=O) groups is 1. The second kappa shape index (κ2) is 7.09. The molecule has 0 bridgehead atoms. The third-order valence-corrected chi connectivity index (χ3v) is 3.43. The van der Waals surface area contributed by atoms with Gasteiger partial charge in [-0.1, -0.05) is 42.5 Å². The highest BCUT2D eigenvalue weighted by atomic mass is 16.5. The summed E-state index contributed by atoms with van der Waals surface area (Å²) in [7, 11) is 1.62. The minimum Gasteiger partial charge on any atom is -0.383 e. The number of carbonyl (C=O) groups excluding carboxylic acids is 1. The van der Waals surface area contributed by atoms with E-state index >= 15 is 0 Å². The average molecular weight is 286 g/mol. The zero-order valence-electron chi connectivity index (χ0n) is 12.7. The molecule has 0 saturated heterocycles. The number of hydrogen-bond acceptors (Lipinski definition) is 2. The maximum atomic E-state index is 12.0. The fourth-order valence-electron chi connectivity index (χ4n) is 2.46. The molecular formula is C17H22N2O2. The molecule has 4 nitrogen and oxygen atoms in total. The molecule has 112 valence electrons. The Balaban J connectivity index is 2.08. The van der Waals surface area contributed by atoms with Gasteiger partial charge in [-0.15, -0.1) is 0 Å². The molecule has 2 atom stereocenters. The summed E-state index contributed by atoms with van der Waals surface area (Å²) in [6.07, 6.45) is 0. The van der Waals surface area contributed by atoms with Crippen LogP contribution >= 0.6 is 0 Å². The molecule has 0 aromatic heterocycles. The third-order valence-electron chi connectivity index (χ3n) is 3.43. The van der Waals surface area contributed by atoms with Gasteiger partial charge in [-0.05, 0) is 30.2 Å². The molecule has 21 heavy (non-hydrogen) atoms. The number of amides is 2. The summed E-state index contributed by atoms with van der Waals surface area (Å²) < 4.78 is 5.01. The van der Waals surface area contributed by atoms with E-state index in [1.54, 1.807) is 7.11 Å². The highest BCUT2D eigenvalue weighted by Crippen LogP contribution is 2.23. The molecule has 0 aliphatic rings. The summed E-state index contributed by atoms with van der Waals surface area (Å²) in [5.41, 5.74) is 1.11. The number of nitrogens with one attached hydrogen (secondary N) is 2. The molecule has 0 aliphatic heterocycles. The zero-order chi connectivity index (χ0) is 15.2. The van der Waals surface area contributed by atoms with E-state index < -0.39 is 0 Å². The van der Waals surface area contributed by atoms with E-state index in [4.69, 9.17) is 4.74 Å². The molecular weight excluding hydrogens is 264 g/mol. The van der Waals surface area contributed by atoms with Gasteiger partial charge >= 0.3 is 6.03 Å². The van der Waals surface area contributed by atoms with Crippen LogP contribution in [0.25, 0.3) is 10.8 Å². The minimum absolute atomic E-state index is 0.0188. The Labute approximate surface area is 125 Å². The first-order valence-electron chi connectivity index (χ1n) is 7.15. The van der Waals surface area contributed by atoms with Crippen molar-refractivity contribution in [3.05, 3.63) is 48.0 Å². The van der Waals surface area contributed by atoms with Gasteiger partial charge in [0.1, 0.15) is 0 Å². The molecule has 2 unspecified atom stereocenters. The molecule has 0 aliphatic carbocycles. The summed E-state index contributed by atoms with van der Waals surface area (Å²) in [6, 6.07) is 14.1. The van der Waals surface area contributed by atoms with Crippen molar-refractivity contribution in [1.29, 1.82) is 0 Å². The molecule has 0 heterocycles. The van der Waals surface area contributed by atoms with Crippen LogP contribution in [0.2, 0.25) is 0 Å². The average Bonchev–Trinajstić information content (AvgIpc) is 2.46. The fourth-order valence-corrected chi connectivity index (χ4v) is 2.46. The number of fused-ring (bicyclic) bond motifs is 1. The van der Waals surface area contributed by atoms with Gasteiger partial charge < -0.3 is 15.4 Å². The lowest BCUT2D eigenvalue weighted by Gasteiger charge is -2.19. The monoisotopic (exact) mass is 286 g/mol. The number of ether oxygens (including phenoxy) is 1. The van der Waals surface area contributed by atoms with Crippen LogP contribution in [-0.4, -0.2) is 25.8 Å². The van der Waals surface area contributed by atoms with Gasteiger partial charge in [0.25, 0.3) is 0 Å². The maximum Gasteiger partial charge on any atom is 0.315 e. The van der Waals surface area contributed by atoms with E-state index in [2.05, 4.69) is 28.8 Å². The molecule has 0 spiro atoms. The summed E-state index contributed by atoms with van der Waals surface area (Å²) in [4.78, 5) is 12.0. The van der Waals surface area contributed by atoms with Crippen LogP contribution in [-0.2, 0) is 4.74 Å². The number of rotatable bonds is 5. The van der Waals surface area contributed by atoms with Crippen molar-refractivity contribution in [2.45, 2.75) is 25.9 Å². The summed E-state index contributed by atoms with van der Waals surface area (Å²) >= 11 is 0. The molecule has 2 aromatic carbocycles. The molecule has 0 radical (unpaired) electrons. The fraction of sp³-hybridized carbons (Fsp3) is 0.353. The number of urea groups is 1. The van der Waals surface area contributed by atoms with Crippen molar-refractivity contribution in [2.75, 3.05) is 13.7 Å². The van der Waals surface area contributed by atoms with Crippen molar-refractivity contribution in [2.24, 2.45) is 0 Å². The Kier molecular flexibility index (Phi) is 5.17. The van der Waals surface area contributed by atoms with Crippen LogP contribution < -0.4 is 10.6 Å². The van der Waals surface area contributed by atoms with Crippen LogP contribution in [0, 0.1) is 0 Å². The quantitative estimate of drug-likeness (QED) is 0.886. The van der Waals surface area contributed by atoms with E-state index in [0.717, 1.165) is 10.9 Å². The Hall–Kier alpha value is -2.07. The topological polar surface area (TPSA) is 50.4 Å². The molecule has 2 amide bonds. The van der Waals surface area contributed by atoms with Crippen molar-refractivity contribution >= 4 is 16.8 Å². The van der Waals surface area contributed by atoms with Crippen molar-refractivity contribution in [1.82, 2.24) is 10.6 Å². The number of benzene rings is 2. The van der Waals surface area contributed by atoms with Gasteiger partial charge in [0.15, 0.2) is 0 Å². The SMILES string of the molecule is COCC(C)NC(=O)NC(C)c1cccc2ccccc12. The predicted octanol–water partition coefficient (Wildman–Crippen LogP) is 3.23. The van der Waals surface area contributed by atoms with E-state index in [1.807, 2.05) is 38.1 Å². The van der Waals surface area contributed by atoms with Crippen molar-refractivity contribution in [3.63, 3.8) is 0 Å². The summed E-state index contributed by atoms with van der Waals surface area (Å²) in [5.74, 6) is 0. The van der Waals surface area contributed by atoms with E-state index in [9.17, 15) is 4.79 Å². The van der Waals surface area contributed by atoms with Gasteiger partial charge in [0.2, 0.25) is 0 Å². The smallest absolute Gasteiger partial charge is 0.315 e. The van der Waals surface area contributed by atoms with E-state index in [-0.39, 0.29) is 18.1 Å². The Morgan fingerprint density at radius 2 is 1.81 bits per heavy atom. The predicted molar refractivity (Wildman–Crippen MR) is 85.4 cm³/mol.